The van der Waals surface area contributed by atoms with Crippen LogP contribution in [0.15, 0.2) is 24.5 Å². The van der Waals surface area contributed by atoms with Crippen molar-refractivity contribution < 1.29 is 4.79 Å². The van der Waals surface area contributed by atoms with Crippen LogP contribution in [0.2, 0.25) is 0 Å². The highest BCUT2D eigenvalue weighted by Gasteiger charge is 2.16. The van der Waals surface area contributed by atoms with Gasteiger partial charge in [0.05, 0.1) is 6.07 Å². The van der Waals surface area contributed by atoms with Crippen molar-refractivity contribution >= 4 is 6.41 Å². The molecule has 0 saturated heterocycles. The van der Waals surface area contributed by atoms with Crippen molar-refractivity contribution in [2.45, 2.75) is 19.4 Å². The third-order valence-corrected chi connectivity index (χ3v) is 1.52. The van der Waals surface area contributed by atoms with Crippen LogP contribution >= 0.6 is 0 Å². The van der Waals surface area contributed by atoms with E-state index in [0.29, 0.717) is 0 Å². The van der Waals surface area contributed by atoms with Crippen LogP contribution in [0, 0.1) is 11.3 Å². The number of aromatic nitrogens is 1. The molecule has 0 aliphatic carbocycles. The molecule has 1 heterocycles. The molecule has 0 fully saturated rings. The van der Waals surface area contributed by atoms with E-state index in [1.807, 2.05) is 42.9 Å². The average molecular weight is 179 g/mol. The second-order valence-corrected chi connectivity index (χ2v) is 2.90. The van der Waals surface area contributed by atoms with Gasteiger partial charge in [0.15, 0.2) is 0 Å². The number of carbonyl (C=O) groups is 1. The molecule has 1 amide bonds. The lowest BCUT2D eigenvalue weighted by molar-refractivity contribution is -0.106. The van der Waals surface area contributed by atoms with Gasteiger partial charge in [-0.15, -0.1) is 0 Å². The highest BCUT2D eigenvalue weighted by Crippen LogP contribution is 2.12. The minimum atomic E-state index is -0.413. The molecule has 2 N–H and O–H groups in total. The van der Waals surface area contributed by atoms with E-state index in [9.17, 15) is 0 Å². The summed E-state index contributed by atoms with van der Waals surface area (Å²) in [6, 6.07) is 6.04. The fraction of sp³-hybridized carbons (Fsp3) is 0.333. The Labute approximate surface area is 77.6 Å². The van der Waals surface area contributed by atoms with E-state index >= 15 is 0 Å². The van der Waals surface area contributed by atoms with Crippen molar-refractivity contribution in [1.82, 2.24) is 4.57 Å². The van der Waals surface area contributed by atoms with E-state index < -0.39 is 5.54 Å². The van der Waals surface area contributed by atoms with Crippen LogP contribution in [0.1, 0.15) is 13.8 Å². The summed E-state index contributed by atoms with van der Waals surface area (Å²) in [7, 11) is 0. The number of amides is 1. The molecule has 0 aliphatic rings. The zero-order chi connectivity index (χ0) is 10.3. The third kappa shape index (κ3) is 3.43. The fourth-order valence-electron chi connectivity index (χ4n) is 0.765. The Morgan fingerprint density at radius 2 is 1.85 bits per heavy atom. The Morgan fingerprint density at radius 3 is 2.15 bits per heavy atom. The zero-order valence-electron chi connectivity index (χ0n) is 7.77. The van der Waals surface area contributed by atoms with Crippen LogP contribution in [0.25, 0.3) is 0 Å². The summed E-state index contributed by atoms with van der Waals surface area (Å²) in [6.07, 6.45) is 4.03. The molecule has 0 aromatic carbocycles. The number of nitrogens with zero attached hydrogens (tertiary/aromatic N) is 2. The van der Waals surface area contributed by atoms with Gasteiger partial charge < -0.3 is 10.3 Å². The van der Waals surface area contributed by atoms with E-state index in [2.05, 4.69) is 11.8 Å². The zero-order valence-corrected chi connectivity index (χ0v) is 7.77. The number of nitriles is 1. The molecule has 0 aliphatic heterocycles. The van der Waals surface area contributed by atoms with Crippen molar-refractivity contribution in [2.24, 2.45) is 5.73 Å². The van der Waals surface area contributed by atoms with Crippen LogP contribution in [-0.2, 0) is 10.3 Å². The van der Waals surface area contributed by atoms with Crippen molar-refractivity contribution in [1.29, 1.82) is 5.26 Å². The molecule has 0 bridgehead atoms. The molecule has 4 heteroatoms. The van der Waals surface area contributed by atoms with E-state index in [1.54, 1.807) is 0 Å². The molecular weight excluding hydrogens is 166 g/mol. The summed E-state index contributed by atoms with van der Waals surface area (Å²) in [6.45, 7) is 3.76. The highest BCUT2D eigenvalue weighted by molar-refractivity contribution is 5.42. The largest absolute Gasteiger partial charge is 0.372 e. The lowest BCUT2D eigenvalue weighted by Gasteiger charge is -2.16. The number of hydrogen-bond donors (Lipinski definition) is 1. The Bertz CT molecular complexity index is 282. The van der Waals surface area contributed by atoms with E-state index in [-0.39, 0.29) is 6.41 Å². The normalized spacial score (nSPS) is 9.31. The highest BCUT2D eigenvalue weighted by atomic mass is 16.1. The molecule has 4 nitrogen and oxygen atoms in total. The summed E-state index contributed by atoms with van der Waals surface area (Å²) < 4.78 is 1.88. The first-order valence-corrected chi connectivity index (χ1v) is 3.78. The molecule has 1 rings (SSSR count). The Morgan fingerprint density at radius 1 is 1.46 bits per heavy atom. The molecule has 13 heavy (non-hydrogen) atoms. The topological polar surface area (TPSA) is 71.8 Å². The smallest absolute Gasteiger partial charge is 0.204 e. The van der Waals surface area contributed by atoms with Crippen LogP contribution in [-0.4, -0.2) is 11.0 Å². The molecule has 1 aromatic heterocycles. The number of primary amides is 1. The van der Waals surface area contributed by atoms with Crippen LogP contribution in [0.5, 0.6) is 0 Å². The van der Waals surface area contributed by atoms with Crippen LogP contribution in [0.3, 0.4) is 0 Å². The SMILES string of the molecule is CC(C)(C#N)n1cccc1.NC=O. The van der Waals surface area contributed by atoms with Gasteiger partial charge in [0.2, 0.25) is 6.41 Å². The molecule has 70 valence electrons. The summed E-state index contributed by atoms with van der Waals surface area (Å²) in [5.74, 6) is 0. The van der Waals surface area contributed by atoms with E-state index in [1.165, 1.54) is 0 Å². The van der Waals surface area contributed by atoms with E-state index in [0.717, 1.165) is 0 Å². The quantitative estimate of drug-likeness (QED) is 0.649. The first kappa shape index (κ1) is 11.2. The monoisotopic (exact) mass is 179 g/mol. The van der Waals surface area contributed by atoms with Crippen molar-refractivity contribution in [3.8, 4) is 6.07 Å². The molecule has 0 saturated carbocycles. The minimum Gasteiger partial charge on any atom is -0.372 e. The predicted octanol–water partition coefficient (Wildman–Crippen LogP) is 0.848. The maximum atomic E-state index is 8.70. The van der Waals surface area contributed by atoms with Crippen LogP contribution < -0.4 is 5.73 Å². The third-order valence-electron chi connectivity index (χ3n) is 1.52. The van der Waals surface area contributed by atoms with Crippen molar-refractivity contribution in [3.05, 3.63) is 24.5 Å². The first-order chi connectivity index (χ1) is 6.08. The van der Waals surface area contributed by atoms with Gasteiger partial charge in [-0.05, 0) is 26.0 Å². The van der Waals surface area contributed by atoms with Gasteiger partial charge in [-0.25, -0.2) is 0 Å². The van der Waals surface area contributed by atoms with Crippen LogP contribution in [0.4, 0.5) is 0 Å². The first-order valence-electron chi connectivity index (χ1n) is 3.78. The summed E-state index contributed by atoms with van der Waals surface area (Å²) >= 11 is 0. The van der Waals surface area contributed by atoms with E-state index in [4.69, 9.17) is 10.1 Å². The molecule has 0 radical (unpaired) electrons. The average Bonchev–Trinajstić information content (AvgIpc) is 2.58. The maximum absolute atomic E-state index is 8.70. The van der Waals surface area contributed by atoms with Gasteiger partial charge in [0.1, 0.15) is 5.54 Å². The number of hydrogen-bond acceptors (Lipinski definition) is 2. The number of rotatable bonds is 1. The van der Waals surface area contributed by atoms with Gasteiger partial charge in [-0.2, -0.15) is 5.26 Å². The second-order valence-electron chi connectivity index (χ2n) is 2.90. The molecule has 0 spiro atoms. The second kappa shape index (κ2) is 4.99. The van der Waals surface area contributed by atoms with Crippen molar-refractivity contribution in [3.63, 3.8) is 0 Å². The number of nitrogens with two attached hydrogens (primary N) is 1. The van der Waals surface area contributed by atoms with Gasteiger partial charge in [0.25, 0.3) is 0 Å². The molecule has 0 unspecified atom stereocenters. The number of carbonyl (C=O) groups excluding carboxylic acids is 1. The Hall–Kier alpha value is -1.76. The standard InChI is InChI=1S/C8H10N2.CH3NO/c1-8(2,7-9)10-5-3-4-6-10;2-1-3/h3-6H,1-2H3;1H,(H2,2,3). The Kier molecular flexibility index (Phi) is 4.31. The fourth-order valence-corrected chi connectivity index (χ4v) is 0.765. The predicted molar refractivity (Wildman–Crippen MR) is 49.6 cm³/mol. The van der Waals surface area contributed by atoms with Gasteiger partial charge in [-0.3, -0.25) is 4.79 Å². The van der Waals surface area contributed by atoms with Gasteiger partial charge in [-0.1, -0.05) is 0 Å². The lowest BCUT2D eigenvalue weighted by atomic mass is 10.1. The van der Waals surface area contributed by atoms with Gasteiger partial charge >= 0.3 is 0 Å². The molecule has 1 aromatic rings. The summed E-state index contributed by atoms with van der Waals surface area (Å²) in [5.41, 5.74) is 3.75. The molecule has 0 atom stereocenters. The molecular formula is C9H13N3O. The lowest BCUT2D eigenvalue weighted by Crippen LogP contribution is -2.21. The van der Waals surface area contributed by atoms with Gasteiger partial charge in [0, 0.05) is 12.4 Å². The summed E-state index contributed by atoms with van der Waals surface area (Å²) in [5, 5.41) is 8.70. The maximum Gasteiger partial charge on any atom is 0.204 e. The minimum absolute atomic E-state index is 0.250. The summed E-state index contributed by atoms with van der Waals surface area (Å²) in [4.78, 5) is 8.58. The Balaban J connectivity index is 0.000000424. The van der Waals surface area contributed by atoms with Crippen molar-refractivity contribution in [2.75, 3.05) is 0 Å².